The van der Waals surface area contributed by atoms with E-state index in [1.54, 1.807) is 45.2 Å². The monoisotopic (exact) mass is 353 g/mol. The van der Waals surface area contributed by atoms with Gasteiger partial charge in [0.05, 0.1) is 11.5 Å². The average molecular weight is 353 g/mol. The third kappa shape index (κ3) is 2.64. The minimum atomic E-state index is -1.18. The molecule has 26 heavy (non-hydrogen) atoms. The molecule has 0 aliphatic carbocycles. The van der Waals surface area contributed by atoms with Gasteiger partial charge in [0, 0.05) is 18.3 Å². The third-order valence-electron chi connectivity index (χ3n) is 4.84. The first-order valence-electron chi connectivity index (χ1n) is 8.58. The average Bonchev–Trinajstić information content (AvgIpc) is 3.06. The lowest BCUT2D eigenvalue weighted by atomic mass is 9.81. The van der Waals surface area contributed by atoms with Gasteiger partial charge in [-0.3, -0.25) is 9.69 Å². The van der Waals surface area contributed by atoms with Crippen LogP contribution in [0, 0.1) is 11.3 Å². The fraction of sp³-hybridized carbons (Fsp3) is 0.450. The summed E-state index contributed by atoms with van der Waals surface area (Å²) in [6.07, 6.45) is 3.18. The highest BCUT2D eigenvalue weighted by atomic mass is 16.6. The van der Waals surface area contributed by atoms with Crippen LogP contribution in [0.5, 0.6) is 0 Å². The van der Waals surface area contributed by atoms with Gasteiger partial charge in [0.2, 0.25) is 5.91 Å². The topological polar surface area (TPSA) is 82.4 Å². The summed E-state index contributed by atoms with van der Waals surface area (Å²) in [6.45, 7) is 9.04. The predicted octanol–water partition coefficient (Wildman–Crippen LogP) is 3.79. The molecular weight excluding hydrogens is 330 g/mol. The molecular formula is C20H23N3O3. The fourth-order valence-corrected chi connectivity index (χ4v) is 3.33. The van der Waals surface area contributed by atoms with E-state index in [1.807, 2.05) is 19.9 Å². The zero-order chi connectivity index (χ0) is 19.3. The second-order valence-electron chi connectivity index (χ2n) is 8.25. The second-order valence-corrected chi connectivity index (χ2v) is 8.25. The molecule has 2 heterocycles. The van der Waals surface area contributed by atoms with E-state index in [9.17, 15) is 14.9 Å². The number of benzene rings is 1. The number of carbonyl (C=O) groups excluding carboxylic acids is 2. The summed E-state index contributed by atoms with van der Waals surface area (Å²) >= 11 is 0. The van der Waals surface area contributed by atoms with Gasteiger partial charge in [0.25, 0.3) is 0 Å². The van der Waals surface area contributed by atoms with Crippen LogP contribution < -0.4 is 5.32 Å². The van der Waals surface area contributed by atoms with Crippen LogP contribution in [0.4, 0.5) is 10.5 Å². The molecule has 0 radical (unpaired) electrons. The van der Waals surface area contributed by atoms with Crippen molar-refractivity contribution in [3.63, 3.8) is 0 Å². The van der Waals surface area contributed by atoms with Gasteiger partial charge in [0.1, 0.15) is 5.60 Å². The van der Waals surface area contributed by atoms with Crippen molar-refractivity contribution in [2.75, 3.05) is 5.32 Å². The molecule has 0 aromatic heterocycles. The zero-order valence-electron chi connectivity index (χ0n) is 15.7. The van der Waals surface area contributed by atoms with E-state index in [1.165, 1.54) is 4.90 Å². The standard InChI is InChI=1S/C20H23N3O3/c1-18(2,3)26-17(25)23-10-6-9-20(23,12-21)13-7-8-15-14(11-13)19(4,5)16(24)22-15/h6-8,10-11H,9H2,1-5H3,(H,22,24). The van der Waals surface area contributed by atoms with Crippen LogP contribution in [0.15, 0.2) is 30.5 Å². The molecule has 0 spiro atoms. The van der Waals surface area contributed by atoms with Crippen LogP contribution >= 0.6 is 0 Å². The molecule has 0 fully saturated rings. The van der Waals surface area contributed by atoms with E-state index in [2.05, 4.69) is 11.4 Å². The molecule has 2 amide bonds. The van der Waals surface area contributed by atoms with Crippen LogP contribution in [0.2, 0.25) is 0 Å². The number of ether oxygens (including phenoxy) is 1. The molecule has 0 saturated carbocycles. The number of rotatable bonds is 1. The first kappa shape index (κ1) is 18.0. The molecule has 1 aromatic carbocycles. The van der Waals surface area contributed by atoms with E-state index in [-0.39, 0.29) is 5.91 Å². The number of amides is 2. The van der Waals surface area contributed by atoms with Crippen molar-refractivity contribution in [1.82, 2.24) is 4.90 Å². The van der Waals surface area contributed by atoms with Crippen LogP contribution in [0.1, 0.15) is 52.2 Å². The minimum absolute atomic E-state index is 0.0794. The summed E-state index contributed by atoms with van der Waals surface area (Å²) in [6, 6.07) is 7.72. The highest BCUT2D eigenvalue weighted by molar-refractivity contribution is 6.05. The van der Waals surface area contributed by atoms with Gasteiger partial charge in [-0.05, 0) is 57.9 Å². The minimum Gasteiger partial charge on any atom is -0.443 e. The lowest BCUT2D eigenvalue weighted by Gasteiger charge is -2.34. The maximum absolute atomic E-state index is 12.7. The van der Waals surface area contributed by atoms with Crippen molar-refractivity contribution >= 4 is 17.7 Å². The number of nitrogens with one attached hydrogen (secondary N) is 1. The Morgan fingerprint density at radius 3 is 2.65 bits per heavy atom. The quantitative estimate of drug-likeness (QED) is 0.833. The molecule has 1 aromatic rings. The molecule has 1 N–H and O–H groups in total. The summed E-state index contributed by atoms with van der Waals surface area (Å²) in [5.41, 5.74) is -0.300. The summed E-state index contributed by atoms with van der Waals surface area (Å²) in [4.78, 5) is 26.2. The van der Waals surface area contributed by atoms with Crippen molar-refractivity contribution in [2.24, 2.45) is 0 Å². The van der Waals surface area contributed by atoms with Gasteiger partial charge >= 0.3 is 6.09 Å². The molecule has 3 rings (SSSR count). The Labute approximate surface area is 153 Å². The van der Waals surface area contributed by atoms with Crippen LogP contribution in [-0.4, -0.2) is 22.5 Å². The first-order chi connectivity index (χ1) is 12.0. The Bertz CT molecular complexity index is 858. The Hall–Kier alpha value is -2.81. The Balaban J connectivity index is 2.04. The molecule has 1 unspecified atom stereocenters. The maximum Gasteiger partial charge on any atom is 0.415 e. The van der Waals surface area contributed by atoms with Gasteiger partial charge < -0.3 is 10.1 Å². The number of nitriles is 1. The normalized spacial score (nSPS) is 23.4. The van der Waals surface area contributed by atoms with Crippen LogP contribution in [0.3, 0.4) is 0 Å². The van der Waals surface area contributed by atoms with E-state index < -0.39 is 22.6 Å². The van der Waals surface area contributed by atoms with Crippen molar-refractivity contribution < 1.29 is 14.3 Å². The number of nitrogens with zero attached hydrogens (tertiary/aromatic N) is 2. The van der Waals surface area contributed by atoms with Crippen molar-refractivity contribution in [3.8, 4) is 6.07 Å². The van der Waals surface area contributed by atoms with E-state index in [4.69, 9.17) is 4.74 Å². The lowest BCUT2D eigenvalue weighted by Crippen LogP contribution is -2.45. The molecule has 136 valence electrons. The highest BCUT2D eigenvalue weighted by Gasteiger charge is 2.47. The van der Waals surface area contributed by atoms with E-state index in [0.717, 1.165) is 11.3 Å². The number of anilines is 1. The molecule has 6 nitrogen and oxygen atoms in total. The van der Waals surface area contributed by atoms with Gasteiger partial charge in [0.15, 0.2) is 5.54 Å². The summed E-state index contributed by atoms with van der Waals surface area (Å²) in [5, 5.41) is 12.9. The summed E-state index contributed by atoms with van der Waals surface area (Å²) in [5.74, 6) is -0.0794. The number of carbonyl (C=O) groups is 2. The second kappa shape index (κ2) is 5.60. The van der Waals surface area contributed by atoms with Gasteiger partial charge in [-0.2, -0.15) is 5.26 Å². The number of hydrogen-bond acceptors (Lipinski definition) is 4. The molecule has 2 aliphatic rings. The first-order valence-corrected chi connectivity index (χ1v) is 8.58. The van der Waals surface area contributed by atoms with Crippen LogP contribution in [0.25, 0.3) is 0 Å². The fourth-order valence-electron chi connectivity index (χ4n) is 3.33. The number of hydrogen-bond donors (Lipinski definition) is 1. The molecule has 2 aliphatic heterocycles. The van der Waals surface area contributed by atoms with Gasteiger partial charge in [-0.15, -0.1) is 0 Å². The Morgan fingerprint density at radius 2 is 2.04 bits per heavy atom. The largest absolute Gasteiger partial charge is 0.443 e. The van der Waals surface area contributed by atoms with Gasteiger partial charge in [-0.1, -0.05) is 12.1 Å². The molecule has 6 heteroatoms. The SMILES string of the molecule is CC(C)(C)OC(=O)N1C=CCC1(C#N)c1ccc2c(c1)C(C)(C)C(=O)N2. The highest BCUT2D eigenvalue weighted by Crippen LogP contribution is 2.43. The van der Waals surface area contributed by atoms with Crippen LogP contribution in [-0.2, 0) is 20.5 Å². The summed E-state index contributed by atoms with van der Waals surface area (Å²) in [7, 11) is 0. The van der Waals surface area contributed by atoms with E-state index >= 15 is 0 Å². The molecule has 0 saturated heterocycles. The summed E-state index contributed by atoms with van der Waals surface area (Å²) < 4.78 is 5.47. The van der Waals surface area contributed by atoms with Crippen molar-refractivity contribution in [1.29, 1.82) is 5.26 Å². The zero-order valence-corrected chi connectivity index (χ0v) is 15.7. The molecule has 1 atom stereocenters. The Morgan fingerprint density at radius 1 is 1.35 bits per heavy atom. The van der Waals surface area contributed by atoms with Gasteiger partial charge in [-0.25, -0.2) is 4.79 Å². The number of fused-ring (bicyclic) bond motifs is 1. The maximum atomic E-state index is 12.7. The Kier molecular flexibility index (Phi) is 3.87. The molecule has 0 bridgehead atoms. The lowest BCUT2D eigenvalue weighted by molar-refractivity contribution is -0.119. The van der Waals surface area contributed by atoms with Crippen molar-refractivity contribution in [3.05, 3.63) is 41.6 Å². The third-order valence-corrected chi connectivity index (χ3v) is 4.84. The van der Waals surface area contributed by atoms with E-state index in [0.29, 0.717) is 12.0 Å². The van der Waals surface area contributed by atoms with Crippen molar-refractivity contribution in [2.45, 2.75) is 57.6 Å². The predicted molar refractivity (Wildman–Crippen MR) is 97.2 cm³/mol. The smallest absolute Gasteiger partial charge is 0.415 e.